The Bertz CT molecular complexity index is 1170. The van der Waals surface area contributed by atoms with Gasteiger partial charge in [-0.25, -0.2) is 9.36 Å². The molecule has 0 radical (unpaired) electrons. The molecule has 4 N–H and O–H groups in total. The Kier molecular flexibility index (Phi) is 39.4. The standard InChI is InChI=1S/C46H82NO10P/c1-3-5-7-9-11-13-15-17-18-19-20-21-22-23-24-26-28-30-32-34-36-38-45(50)55-39-42(48)40-56-58(53,54)57-41-43(46(51)52)47-44(49)37-35-33-31-29-27-25-16-14-12-10-8-6-4-2/h8,10-11,13-14,16-18,42-43,48H,3-7,9,12,15,19-41H2,1-2H3,(H,47,49)(H,51,52)(H,53,54)/b10-8-,13-11-,16-14-,18-17-. The summed E-state index contributed by atoms with van der Waals surface area (Å²) < 4.78 is 26.8. The molecule has 11 nitrogen and oxygen atoms in total. The Balaban J connectivity index is 3.86. The van der Waals surface area contributed by atoms with E-state index in [-0.39, 0.29) is 12.8 Å². The van der Waals surface area contributed by atoms with Crippen LogP contribution in [0.1, 0.15) is 194 Å². The first-order valence-corrected chi connectivity index (χ1v) is 24.2. The average molecular weight is 840 g/mol. The van der Waals surface area contributed by atoms with Crippen LogP contribution in [0.2, 0.25) is 0 Å². The third-order valence-electron chi connectivity index (χ3n) is 9.57. The first-order valence-electron chi connectivity index (χ1n) is 22.7. The Morgan fingerprint density at radius 1 is 0.552 bits per heavy atom. The second kappa shape index (κ2) is 41.2. The van der Waals surface area contributed by atoms with Crippen LogP contribution in [0.4, 0.5) is 0 Å². The molecule has 0 saturated carbocycles. The molecule has 0 aromatic rings. The van der Waals surface area contributed by atoms with Crippen LogP contribution in [0.5, 0.6) is 0 Å². The van der Waals surface area contributed by atoms with Gasteiger partial charge in [-0.05, 0) is 70.6 Å². The van der Waals surface area contributed by atoms with Crippen molar-refractivity contribution in [3.63, 3.8) is 0 Å². The molecule has 1 amide bonds. The van der Waals surface area contributed by atoms with Gasteiger partial charge >= 0.3 is 19.8 Å². The first-order chi connectivity index (χ1) is 28.1. The van der Waals surface area contributed by atoms with Gasteiger partial charge in [0.15, 0.2) is 6.04 Å². The summed E-state index contributed by atoms with van der Waals surface area (Å²) in [6.07, 6.45) is 45.7. The third-order valence-corrected chi connectivity index (χ3v) is 10.5. The van der Waals surface area contributed by atoms with Gasteiger partial charge in [0.25, 0.3) is 0 Å². The summed E-state index contributed by atoms with van der Waals surface area (Å²) in [5, 5.41) is 21.8. The molecular weight excluding hydrogens is 757 g/mol. The highest BCUT2D eigenvalue weighted by Crippen LogP contribution is 2.43. The van der Waals surface area contributed by atoms with Gasteiger partial charge in [-0.2, -0.15) is 0 Å². The Labute approximate surface area is 352 Å². The summed E-state index contributed by atoms with van der Waals surface area (Å²) in [5.41, 5.74) is 0. The summed E-state index contributed by atoms with van der Waals surface area (Å²) in [7, 11) is -4.76. The zero-order chi connectivity index (χ0) is 42.8. The number of nitrogens with one attached hydrogen (secondary N) is 1. The maximum Gasteiger partial charge on any atom is 0.472 e. The molecule has 0 aliphatic rings. The lowest BCUT2D eigenvalue weighted by atomic mass is 10.0. The Hall–Kier alpha value is -2.56. The number of phosphoric acid groups is 1. The van der Waals surface area contributed by atoms with E-state index >= 15 is 0 Å². The van der Waals surface area contributed by atoms with Crippen molar-refractivity contribution in [3.05, 3.63) is 48.6 Å². The van der Waals surface area contributed by atoms with Crippen molar-refractivity contribution in [2.75, 3.05) is 19.8 Å². The van der Waals surface area contributed by atoms with Crippen molar-refractivity contribution in [2.24, 2.45) is 0 Å². The lowest BCUT2D eigenvalue weighted by Gasteiger charge is -2.18. The Morgan fingerprint density at radius 3 is 1.47 bits per heavy atom. The molecule has 0 aliphatic carbocycles. The molecule has 336 valence electrons. The Morgan fingerprint density at radius 2 is 0.983 bits per heavy atom. The molecule has 0 saturated heterocycles. The number of ether oxygens (including phenoxy) is 1. The number of phosphoric ester groups is 1. The van der Waals surface area contributed by atoms with Gasteiger partial charge in [0, 0.05) is 12.8 Å². The quantitative estimate of drug-likeness (QED) is 0.0201. The smallest absolute Gasteiger partial charge is 0.472 e. The van der Waals surface area contributed by atoms with Gasteiger partial charge in [-0.15, -0.1) is 0 Å². The van der Waals surface area contributed by atoms with Crippen molar-refractivity contribution in [1.29, 1.82) is 0 Å². The molecule has 3 unspecified atom stereocenters. The van der Waals surface area contributed by atoms with E-state index < -0.39 is 57.6 Å². The number of aliphatic carboxylic acids is 1. The molecule has 0 aliphatic heterocycles. The lowest BCUT2D eigenvalue weighted by Crippen LogP contribution is -2.43. The van der Waals surface area contributed by atoms with Crippen molar-refractivity contribution in [1.82, 2.24) is 5.32 Å². The molecule has 0 aromatic carbocycles. The molecule has 0 heterocycles. The minimum absolute atomic E-state index is 0.128. The van der Waals surface area contributed by atoms with Crippen LogP contribution in [0.15, 0.2) is 48.6 Å². The number of hydrogen-bond acceptors (Lipinski definition) is 8. The molecule has 12 heteroatoms. The molecular formula is C46H82NO10P. The van der Waals surface area contributed by atoms with E-state index in [9.17, 15) is 34.1 Å². The van der Waals surface area contributed by atoms with E-state index in [2.05, 4.69) is 67.8 Å². The second-order valence-corrected chi connectivity index (χ2v) is 16.7. The predicted octanol–water partition coefficient (Wildman–Crippen LogP) is 11.8. The number of rotatable bonds is 42. The van der Waals surface area contributed by atoms with Crippen LogP contribution >= 0.6 is 7.82 Å². The van der Waals surface area contributed by atoms with E-state index in [1.165, 1.54) is 77.0 Å². The second-order valence-electron chi connectivity index (χ2n) is 15.2. The number of esters is 1. The van der Waals surface area contributed by atoms with Crippen molar-refractivity contribution in [2.45, 2.75) is 206 Å². The molecule has 58 heavy (non-hydrogen) atoms. The van der Waals surface area contributed by atoms with Gasteiger partial charge in [0.2, 0.25) is 5.91 Å². The molecule has 0 bridgehead atoms. The van der Waals surface area contributed by atoms with Gasteiger partial charge in [0.1, 0.15) is 12.7 Å². The SMILES string of the molecule is CCC/C=C\C/C=C\CCCCCCCC(=O)NC(COP(=O)(O)OCC(O)COC(=O)CCCCCCCCCCCCC/C=C\C/C=C\CCCCC)C(=O)O. The maximum absolute atomic E-state index is 12.3. The summed E-state index contributed by atoms with van der Waals surface area (Å²) in [6.45, 7) is 2.49. The number of allylic oxidation sites excluding steroid dienone is 8. The summed E-state index contributed by atoms with van der Waals surface area (Å²) in [5.74, 6) is -2.40. The minimum atomic E-state index is -4.76. The fourth-order valence-corrected chi connectivity index (χ4v) is 6.80. The molecule has 0 fully saturated rings. The number of aliphatic hydroxyl groups is 1. The van der Waals surface area contributed by atoms with E-state index in [0.717, 1.165) is 77.0 Å². The number of carboxylic acid groups (broad SMARTS) is 1. The first kappa shape index (κ1) is 55.4. The topological polar surface area (TPSA) is 169 Å². The fourth-order valence-electron chi connectivity index (χ4n) is 6.03. The highest BCUT2D eigenvalue weighted by molar-refractivity contribution is 7.47. The number of aliphatic hydroxyl groups excluding tert-OH is 1. The monoisotopic (exact) mass is 840 g/mol. The zero-order valence-corrected chi connectivity index (χ0v) is 37.2. The largest absolute Gasteiger partial charge is 0.480 e. The van der Waals surface area contributed by atoms with Gasteiger partial charge in [-0.1, -0.05) is 159 Å². The molecule has 0 rings (SSSR count). The number of unbranched alkanes of at least 4 members (excludes halogenated alkanes) is 20. The van der Waals surface area contributed by atoms with Crippen LogP contribution in [0, 0.1) is 0 Å². The lowest BCUT2D eigenvalue weighted by molar-refractivity contribution is -0.147. The maximum atomic E-state index is 12.3. The van der Waals surface area contributed by atoms with Crippen LogP contribution in [-0.4, -0.2) is 64.9 Å². The van der Waals surface area contributed by atoms with Crippen molar-refractivity contribution in [3.8, 4) is 0 Å². The number of carbonyl (C=O) groups excluding carboxylic acids is 2. The van der Waals surface area contributed by atoms with E-state index in [0.29, 0.717) is 12.8 Å². The molecule has 0 spiro atoms. The van der Waals surface area contributed by atoms with E-state index in [1.54, 1.807) is 0 Å². The number of carbonyl (C=O) groups is 3. The van der Waals surface area contributed by atoms with Crippen LogP contribution < -0.4 is 5.32 Å². The summed E-state index contributed by atoms with van der Waals surface area (Å²) in [6, 6.07) is -1.55. The number of hydrogen-bond donors (Lipinski definition) is 4. The predicted molar refractivity (Wildman–Crippen MR) is 235 cm³/mol. The van der Waals surface area contributed by atoms with Crippen molar-refractivity contribution < 1.29 is 47.8 Å². The summed E-state index contributed by atoms with van der Waals surface area (Å²) >= 11 is 0. The molecule has 0 aromatic heterocycles. The number of carboxylic acids is 1. The zero-order valence-electron chi connectivity index (χ0n) is 36.3. The molecule has 3 atom stereocenters. The van der Waals surface area contributed by atoms with Gasteiger partial charge in [-0.3, -0.25) is 18.6 Å². The van der Waals surface area contributed by atoms with Gasteiger partial charge < -0.3 is 25.2 Å². The van der Waals surface area contributed by atoms with E-state index in [1.807, 2.05) is 0 Å². The van der Waals surface area contributed by atoms with Crippen LogP contribution in [-0.2, 0) is 32.7 Å². The summed E-state index contributed by atoms with van der Waals surface area (Å²) in [4.78, 5) is 45.9. The van der Waals surface area contributed by atoms with Crippen LogP contribution in [0.3, 0.4) is 0 Å². The van der Waals surface area contributed by atoms with Crippen molar-refractivity contribution >= 4 is 25.7 Å². The van der Waals surface area contributed by atoms with E-state index in [4.69, 9.17) is 13.8 Å². The fraction of sp³-hybridized carbons (Fsp3) is 0.761. The third kappa shape index (κ3) is 40.2. The highest BCUT2D eigenvalue weighted by atomic mass is 31.2. The van der Waals surface area contributed by atoms with Gasteiger partial charge in [0.05, 0.1) is 13.2 Å². The highest BCUT2D eigenvalue weighted by Gasteiger charge is 2.28. The minimum Gasteiger partial charge on any atom is -0.480 e. The average Bonchev–Trinajstić information content (AvgIpc) is 3.20. The number of amides is 1. The normalized spacial score (nSPS) is 14.1. The van der Waals surface area contributed by atoms with Crippen LogP contribution in [0.25, 0.3) is 0 Å².